The van der Waals surface area contributed by atoms with Crippen LogP contribution >= 0.6 is 0 Å². The first-order valence-electron chi connectivity index (χ1n) is 6.67. The van der Waals surface area contributed by atoms with Gasteiger partial charge in [0, 0.05) is 27.3 Å². The maximum Gasteiger partial charge on any atom is 0.281 e. The smallest absolute Gasteiger partial charge is 0.281 e. The molecule has 22 heavy (non-hydrogen) atoms. The normalized spacial score (nSPS) is 11.5. The van der Waals surface area contributed by atoms with Crippen molar-refractivity contribution in [3.8, 4) is 0 Å². The zero-order chi connectivity index (χ0) is 16.7. The lowest BCUT2D eigenvalue weighted by molar-refractivity contribution is 0.597. The van der Waals surface area contributed by atoms with Crippen molar-refractivity contribution in [2.24, 2.45) is 7.05 Å². The van der Waals surface area contributed by atoms with Crippen LogP contribution in [0.2, 0.25) is 0 Å². The number of aryl methyl sites for hydroxylation is 4. The fourth-order valence-electron chi connectivity index (χ4n) is 1.89. The first-order chi connectivity index (χ1) is 10.1. The number of nitrogens with zero attached hydrogens (tertiary/aromatic N) is 5. The molecule has 2 heterocycles. The Bertz CT molecular complexity index is 767. The largest absolute Gasteiger partial charge is 0.347 e. The minimum absolute atomic E-state index is 0.0250. The van der Waals surface area contributed by atoms with Crippen molar-refractivity contribution in [1.29, 1.82) is 0 Å². The molecule has 9 heteroatoms. The lowest BCUT2D eigenvalue weighted by Gasteiger charge is -2.15. The van der Waals surface area contributed by atoms with Gasteiger partial charge in [-0.05, 0) is 20.8 Å². The van der Waals surface area contributed by atoms with Gasteiger partial charge in [-0.3, -0.25) is 4.72 Å². The topological polar surface area (TPSA) is 93.0 Å². The number of anilines is 2. The van der Waals surface area contributed by atoms with Crippen LogP contribution in [0, 0.1) is 20.8 Å². The van der Waals surface area contributed by atoms with E-state index in [1.165, 1.54) is 6.20 Å². The molecule has 2 aromatic heterocycles. The van der Waals surface area contributed by atoms with Crippen molar-refractivity contribution in [3.63, 3.8) is 0 Å². The molecule has 0 aliphatic rings. The molecule has 0 bridgehead atoms. The van der Waals surface area contributed by atoms with E-state index in [0.717, 1.165) is 0 Å². The van der Waals surface area contributed by atoms with Crippen molar-refractivity contribution in [2.45, 2.75) is 25.8 Å². The molecule has 0 radical (unpaired) electrons. The highest BCUT2D eigenvalue weighted by Gasteiger charge is 2.21. The van der Waals surface area contributed by atoms with Crippen LogP contribution in [0.5, 0.6) is 0 Å². The van der Waals surface area contributed by atoms with Crippen molar-refractivity contribution in [1.82, 2.24) is 19.5 Å². The molecule has 0 amide bonds. The molecule has 0 aliphatic carbocycles. The molecule has 0 saturated heterocycles. The third-order valence-corrected chi connectivity index (χ3v) is 4.48. The van der Waals surface area contributed by atoms with E-state index in [1.54, 1.807) is 37.3 Å². The van der Waals surface area contributed by atoms with Crippen molar-refractivity contribution in [2.75, 3.05) is 23.7 Å². The monoisotopic (exact) mass is 324 g/mol. The van der Waals surface area contributed by atoms with E-state index in [-0.39, 0.29) is 5.03 Å². The van der Waals surface area contributed by atoms with E-state index in [2.05, 4.69) is 19.7 Å². The molecule has 1 N–H and O–H groups in total. The van der Waals surface area contributed by atoms with Crippen LogP contribution < -0.4 is 9.62 Å². The SMILES string of the molecule is Cc1nc(N(C)C)nc(C)c1NS(=O)(=O)c1cn(C)c(C)n1. The predicted molar refractivity (Wildman–Crippen MR) is 84.6 cm³/mol. The Morgan fingerprint density at radius 2 is 1.64 bits per heavy atom. The highest BCUT2D eigenvalue weighted by Crippen LogP contribution is 2.22. The number of hydrogen-bond donors (Lipinski definition) is 1. The fourth-order valence-corrected chi connectivity index (χ4v) is 3.11. The third-order valence-electron chi connectivity index (χ3n) is 3.26. The summed E-state index contributed by atoms with van der Waals surface area (Å²) in [6, 6.07) is 0. The summed E-state index contributed by atoms with van der Waals surface area (Å²) in [7, 11) is 1.63. The van der Waals surface area contributed by atoms with Gasteiger partial charge in [-0.15, -0.1) is 0 Å². The van der Waals surface area contributed by atoms with Gasteiger partial charge in [0.05, 0.1) is 17.1 Å². The first kappa shape index (κ1) is 16.2. The molecule has 2 aromatic rings. The van der Waals surface area contributed by atoms with Crippen LogP contribution in [-0.4, -0.2) is 42.0 Å². The lowest BCUT2D eigenvalue weighted by atomic mass is 10.3. The van der Waals surface area contributed by atoms with Gasteiger partial charge in [0.2, 0.25) is 5.95 Å². The molecule has 8 nitrogen and oxygen atoms in total. The Balaban J connectivity index is 2.42. The molecular formula is C13H20N6O2S. The summed E-state index contributed by atoms with van der Waals surface area (Å²) >= 11 is 0. The first-order valence-corrected chi connectivity index (χ1v) is 8.15. The summed E-state index contributed by atoms with van der Waals surface area (Å²) in [4.78, 5) is 14.4. The van der Waals surface area contributed by atoms with E-state index < -0.39 is 10.0 Å². The van der Waals surface area contributed by atoms with Crippen molar-refractivity contribution >= 4 is 21.7 Å². The number of aromatic nitrogens is 4. The molecule has 0 fully saturated rings. The molecule has 0 atom stereocenters. The van der Waals surface area contributed by atoms with Gasteiger partial charge in [-0.2, -0.15) is 8.42 Å². The molecular weight excluding hydrogens is 304 g/mol. The quantitative estimate of drug-likeness (QED) is 0.902. The third kappa shape index (κ3) is 3.03. The Kier molecular flexibility index (Phi) is 4.10. The predicted octanol–water partition coefficient (Wildman–Crippen LogP) is 1.00. The number of nitrogens with one attached hydrogen (secondary N) is 1. The van der Waals surface area contributed by atoms with Crippen LogP contribution in [0.15, 0.2) is 11.2 Å². The van der Waals surface area contributed by atoms with Gasteiger partial charge < -0.3 is 9.47 Å². The molecule has 0 unspecified atom stereocenters. The van der Waals surface area contributed by atoms with Crippen LogP contribution in [-0.2, 0) is 17.1 Å². The summed E-state index contributed by atoms with van der Waals surface area (Å²) in [6.45, 7) is 5.22. The highest BCUT2D eigenvalue weighted by molar-refractivity contribution is 7.92. The van der Waals surface area contributed by atoms with E-state index in [4.69, 9.17) is 0 Å². The van der Waals surface area contributed by atoms with Gasteiger partial charge in [0.25, 0.3) is 10.0 Å². The van der Waals surface area contributed by atoms with Crippen molar-refractivity contribution in [3.05, 3.63) is 23.4 Å². The van der Waals surface area contributed by atoms with Gasteiger partial charge in [-0.1, -0.05) is 0 Å². The average Bonchev–Trinajstić information content (AvgIpc) is 2.74. The minimum atomic E-state index is -3.77. The van der Waals surface area contributed by atoms with Gasteiger partial charge in [0.15, 0.2) is 5.03 Å². The molecule has 0 aliphatic heterocycles. The zero-order valence-electron chi connectivity index (χ0n) is 13.5. The second-order valence-electron chi connectivity index (χ2n) is 5.31. The lowest BCUT2D eigenvalue weighted by Crippen LogP contribution is -2.19. The summed E-state index contributed by atoms with van der Waals surface area (Å²) in [6.07, 6.45) is 1.47. The van der Waals surface area contributed by atoms with E-state index in [0.29, 0.717) is 28.8 Å². The van der Waals surface area contributed by atoms with E-state index in [1.807, 2.05) is 14.1 Å². The fraction of sp³-hybridized carbons (Fsp3) is 0.462. The molecule has 0 aromatic carbocycles. The standard InChI is InChI=1S/C13H20N6O2S/c1-8-12(9(2)15-13(14-8)18(4)5)17-22(20,21)11-7-19(6)10(3)16-11/h7,17H,1-6H3. The summed E-state index contributed by atoms with van der Waals surface area (Å²) in [5.41, 5.74) is 1.51. The van der Waals surface area contributed by atoms with Crippen LogP contribution in [0.25, 0.3) is 0 Å². The molecule has 0 spiro atoms. The van der Waals surface area contributed by atoms with Gasteiger partial charge >= 0.3 is 0 Å². The number of rotatable bonds is 4. The highest BCUT2D eigenvalue weighted by atomic mass is 32.2. The Morgan fingerprint density at radius 3 is 2.05 bits per heavy atom. The summed E-state index contributed by atoms with van der Waals surface area (Å²) in [5, 5.41) is -0.0250. The number of hydrogen-bond acceptors (Lipinski definition) is 6. The molecule has 120 valence electrons. The Hall–Kier alpha value is -2.16. The molecule has 0 saturated carbocycles. The number of sulfonamides is 1. The summed E-state index contributed by atoms with van der Waals surface area (Å²) in [5.74, 6) is 1.15. The zero-order valence-corrected chi connectivity index (χ0v) is 14.4. The van der Waals surface area contributed by atoms with Crippen molar-refractivity contribution < 1.29 is 8.42 Å². The van der Waals surface area contributed by atoms with E-state index in [9.17, 15) is 8.42 Å². The van der Waals surface area contributed by atoms with E-state index >= 15 is 0 Å². The maximum absolute atomic E-state index is 12.4. The Labute approximate surface area is 130 Å². The van der Waals surface area contributed by atoms with Gasteiger partial charge in [0.1, 0.15) is 5.82 Å². The maximum atomic E-state index is 12.4. The Morgan fingerprint density at radius 1 is 1.09 bits per heavy atom. The second-order valence-corrected chi connectivity index (χ2v) is 6.94. The minimum Gasteiger partial charge on any atom is -0.347 e. The number of imidazole rings is 1. The average molecular weight is 324 g/mol. The van der Waals surface area contributed by atoms with Crippen LogP contribution in [0.3, 0.4) is 0 Å². The molecule has 2 rings (SSSR count). The van der Waals surface area contributed by atoms with Gasteiger partial charge in [-0.25, -0.2) is 15.0 Å². The second kappa shape index (κ2) is 5.56. The van der Waals surface area contributed by atoms with Crippen LogP contribution in [0.1, 0.15) is 17.2 Å². The summed E-state index contributed by atoms with van der Waals surface area (Å²) < 4.78 is 29.1. The van der Waals surface area contributed by atoms with Crippen LogP contribution in [0.4, 0.5) is 11.6 Å².